The molecule has 2 heterocycles. The van der Waals surface area contributed by atoms with Crippen molar-refractivity contribution in [1.82, 2.24) is 0 Å². The average Bonchev–Trinajstić information content (AvgIpc) is 3.55. The van der Waals surface area contributed by atoms with Crippen molar-refractivity contribution in [2.45, 2.75) is 39.7 Å². The molecule has 3 aromatic rings. The summed E-state index contributed by atoms with van der Waals surface area (Å²) in [6, 6.07) is 21.7. The summed E-state index contributed by atoms with van der Waals surface area (Å²) in [7, 11) is 0. The molecule has 38 heavy (non-hydrogen) atoms. The van der Waals surface area contributed by atoms with Gasteiger partial charge >= 0.3 is 0 Å². The number of ether oxygens (including phenoxy) is 1. The fourth-order valence-corrected chi connectivity index (χ4v) is 5.21. The van der Waals surface area contributed by atoms with Gasteiger partial charge in [-0.05, 0) is 85.3 Å². The molecule has 0 aliphatic carbocycles. The lowest BCUT2D eigenvalue weighted by molar-refractivity contribution is -0.132. The van der Waals surface area contributed by atoms with Gasteiger partial charge in [0.25, 0.3) is 11.7 Å². The number of hydrogen-bond acceptors (Lipinski definition) is 5. The van der Waals surface area contributed by atoms with Crippen LogP contribution in [-0.2, 0) is 9.59 Å². The second kappa shape index (κ2) is 10.7. The number of aryl methyl sites for hydroxylation is 1. The highest BCUT2D eigenvalue weighted by Gasteiger charge is 2.47. The first-order valence-corrected chi connectivity index (χ1v) is 13.3. The number of carbonyl (C=O) groups excluding carboxylic acids is 2. The Balaban J connectivity index is 1.56. The molecule has 0 radical (unpaired) electrons. The van der Waals surface area contributed by atoms with Gasteiger partial charge < -0.3 is 14.7 Å². The largest absolute Gasteiger partial charge is 0.507 e. The summed E-state index contributed by atoms with van der Waals surface area (Å²) in [5.74, 6) is -0.463. The number of carbonyl (C=O) groups is 2. The molecule has 0 spiro atoms. The maximum Gasteiger partial charge on any atom is 0.300 e. The standard InChI is InChI=1S/C32H34N2O4/c1-21(2)20-38-26-16-10-23(11-17-26)30(35)28-29(27-9-5-4-8-22(27)3)34(32(37)31(28)36)25-14-12-24(13-15-25)33-18-6-7-19-33/h4-5,8-17,21,29,35H,6-7,18-20H2,1-3H3/b30-28+. The Hall–Kier alpha value is -4.06. The summed E-state index contributed by atoms with van der Waals surface area (Å²) >= 11 is 0. The van der Waals surface area contributed by atoms with Crippen molar-refractivity contribution in [2.75, 3.05) is 29.5 Å². The molecule has 196 valence electrons. The van der Waals surface area contributed by atoms with Crippen LogP contribution in [0.25, 0.3) is 5.76 Å². The van der Waals surface area contributed by atoms with Crippen molar-refractivity contribution < 1.29 is 19.4 Å². The third-order valence-electron chi connectivity index (χ3n) is 7.24. The number of amides is 1. The van der Waals surface area contributed by atoms with Crippen molar-refractivity contribution in [2.24, 2.45) is 5.92 Å². The van der Waals surface area contributed by atoms with E-state index < -0.39 is 17.7 Å². The van der Waals surface area contributed by atoms with Gasteiger partial charge in [0.05, 0.1) is 18.2 Å². The van der Waals surface area contributed by atoms with Gasteiger partial charge in [0.15, 0.2) is 0 Å². The van der Waals surface area contributed by atoms with Crippen LogP contribution in [0.1, 0.15) is 49.4 Å². The van der Waals surface area contributed by atoms with E-state index in [0.29, 0.717) is 29.5 Å². The van der Waals surface area contributed by atoms with Crippen LogP contribution in [-0.4, -0.2) is 36.5 Å². The fourth-order valence-electron chi connectivity index (χ4n) is 5.21. The van der Waals surface area contributed by atoms with Gasteiger partial charge in [-0.15, -0.1) is 0 Å². The highest BCUT2D eigenvalue weighted by molar-refractivity contribution is 6.51. The van der Waals surface area contributed by atoms with Crippen LogP contribution in [0.15, 0.2) is 78.4 Å². The van der Waals surface area contributed by atoms with Gasteiger partial charge in [-0.3, -0.25) is 14.5 Å². The molecule has 1 N–H and O–H groups in total. The third kappa shape index (κ3) is 4.91. The molecule has 5 rings (SSSR count). The Bertz CT molecular complexity index is 1350. The van der Waals surface area contributed by atoms with E-state index in [2.05, 4.69) is 18.7 Å². The second-order valence-electron chi connectivity index (χ2n) is 10.5. The van der Waals surface area contributed by atoms with E-state index in [9.17, 15) is 14.7 Å². The number of hydrogen-bond donors (Lipinski definition) is 1. The highest BCUT2D eigenvalue weighted by Crippen LogP contribution is 2.43. The number of ketones is 1. The van der Waals surface area contributed by atoms with Crippen molar-refractivity contribution in [3.63, 3.8) is 0 Å². The number of anilines is 2. The zero-order chi connectivity index (χ0) is 26.8. The molecular formula is C32H34N2O4. The molecule has 6 nitrogen and oxygen atoms in total. The maximum absolute atomic E-state index is 13.5. The molecular weight excluding hydrogens is 476 g/mol. The molecule has 2 saturated heterocycles. The topological polar surface area (TPSA) is 70.1 Å². The van der Waals surface area contributed by atoms with Gasteiger partial charge in [-0.1, -0.05) is 38.1 Å². The molecule has 6 heteroatoms. The molecule has 1 amide bonds. The van der Waals surface area contributed by atoms with Crippen LogP contribution < -0.4 is 14.5 Å². The minimum atomic E-state index is -0.745. The van der Waals surface area contributed by atoms with Crippen molar-refractivity contribution in [3.8, 4) is 5.75 Å². The number of aliphatic hydroxyl groups is 1. The molecule has 2 fully saturated rings. The van der Waals surface area contributed by atoms with Crippen molar-refractivity contribution >= 4 is 28.8 Å². The lowest BCUT2D eigenvalue weighted by atomic mass is 9.92. The van der Waals surface area contributed by atoms with Gasteiger partial charge in [0.2, 0.25) is 0 Å². The minimum absolute atomic E-state index is 0.0868. The zero-order valence-electron chi connectivity index (χ0n) is 22.2. The zero-order valence-corrected chi connectivity index (χ0v) is 22.2. The Labute approximate surface area is 224 Å². The highest BCUT2D eigenvalue weighted by atomic mass is 16.5. The predicted octanol–water partition coefficient (Wildman–Crippen LogP) is 6.26. The van der Waals surface area contributed by atoms with Crippen LogP contribution >= 0.6 is 0 Å². The molecule has 0 bridgehead atoms. The van der Waals surface area contributed by atoms with E-state index in [1.807, 2.05) is 55.5 Å². The summed E-state index contributed by atoms with van der Waals surface area (Å²) in [4.78, 5) is 30.8. The monoisotopic (exact) mass is 510 g/mol. The Morgan fingerprint density at radius 1 is 0.921 bits per heavy atom. The van der Waals surface area contributed by atoms with E-state index in [-0.39, 0.29) is 11.3 Å². The van der Waals surface area contributed by atoms with Crippen LogP contribution in [0.4, 0.5) is 11.4 Å². The molecule has 2 aliphatic heterocycles. The number of rotatable bonds is 7. The van der Waals surface area contributed by atoms with Gasteiger partial charge in [-0.2, -0.15) is 0 Å². The molecule has 3 aromatic carbocycles. The van der Waals surface area contributed by atoms with Gasteiger partial charge in [-0.25, -0.2) is 0 Å². The SMILES string of the molecule is Cc1ccccc1C1/C(=C(\O)c2ccc(OCC(C)C)cc2)C(=O)C(=O)N1c1ccc(N2CCCC2)cc1. The quantitative estimate of drug-likeness (QED) is 0.231. The van der Waals surface area contributed by atoms with E-state index in [1.165, 1.54) is 17.7 Å². The van der Waals surface area contributed by atoms with E-state index in [0.717, 1.165) is 29.9 Å². The van der Waals surface area contributed by atoms with Crippen LogP contribution in [0.2, 0.25) is 0 Å². The van der Waals surface area contributed by atoms with E-state index >= 15 is 0 Å². The minimum Gasteiger partial charge on any atom is -0.507 e. The molecule has 2 aliphatic rings. The first kappa shape index (κ1) is 25.6. The van der Waals surface area contributed by atoms with Crippen molar-refractivity contribution in [1.29, 1.82) is 0 Å². The van der Waals surface area contributed by atoms with Crippen LogP contribution in [0.5, 0.6) is 5.75 Å². The van der Waals surface area contributed by atoms with Gasteiger partial charge in [0, 0.05) is 30.0 Å². The van der Waals surface area contributed by atoms with Gasteiger partial charge in [0.1, 0.15) is 11.5 Å². The summed E-state index contributed by atoms with van der Waals surface area (Å²) in [6.07, 6.45) is 2.35. The van der Waals surface area contributed by atoms with E-state index in [1.54, 1.807) is 24.3 Å². The van der Waals surface area contributed by atoms with E-state index in [4.69, 9.17) is 4.74 Å². The van der Waals surface area contributed by atoms with Crippen LogP contribution in [0, 0.1) is 12.8 Å². The van der Waals surface area contributed by atoms with Crippen LogP contribution in [0.3, 0.4) is 0 Å². The lowest BCUT2D eigenvalue weighted by Gasteiger charge is -2.27. The molecule has 1 unspecified atom stereocenters. The first-order chi connectivity index (χ1) is 18.3. The molecule has 1 atom stereocenters. The Morgan fingerprint density at radius 2 is 1.55 bits per heavy atom. The fraction of sp³-hybridized carbons (Fsp3) is 0.312. The Morgan fingerprint density at radius 3 is 2.18 bits per heavy atom. The summed E-state index contributed by atoms with van der Waals surface area (Å²) in [5.41, 5.74) is 4.01. The third-order valence-corrected chi connectivity index (χ3v) is 7.24. The average molecular weight is 511 g/mol. The summed E-state index contributed by atoms with van der Waals surface area (Å²) in [6.45, 7) is 8.73. The Kier molecular flexibility index (Phi) is 7.23. The maximum atomic E-state index is 13.5. The predicted molar refractivity (Wildman–Crippen MR) is 151 cm³/mol. The lowest BCUT2D eigenvalue weighted by Crippen LogP contribution is -2.29. The number of Topliss-reactive ketones (excluding diaryl/α,β-unsaturated/α-hetero) is 1. The summed E-state index contributed by atoms with van der Waals surface area (Å²) in [5, 5.41) is 11.4. The number of benzene rings is 3. The molecule has 0 aromatic heterocycles. The first-order valence-electron chi connectivity index (χ1n) is 13.3. The number of aliphatic hydroxyl groups excluding tert-OH is 1. The number of nitrogens with zero attached hydrogens (tertiary/aromatic N) is 2. The second-order valence-corrected chi connectivity index (χ2v) is 10.5. The van der Waals surface area contributed by atoms with Crippen molar-refractivity contribution in [3.05, 3.63) is 95.1 Å². The summed E-state index contributed by atoms with van der Waals surface area (Å²) < 4.78 is 5.76. The smallest absolute Gasteiger partial charge is 0.300 e. The normalized spacial score (nSPS) is 19.0. The molecule has 0 saturated carbocycles.